The second kappa shape index (κ2) is 8.33. The molecule has 2 fully saturated rings. The van der Waals surface area contributed by atoms with Gasteiger partial charge in [0.15, 0.2) is 11.6 Å². The third-order valence-corrected chi connectivity index (χ3v) is 5.38. The summed E-state index contributed by atoms with van der Waals surface area (Å²) in [7, 11) is 0. The molecular weight excluding hydrogens is 340 g/mol. The highest BCUT2D eigenvalue weighted by atomic mass is 16.2. The minimum absolute atomic E-state index is 0.0691. The molecule has 4 rings (SSSR count). The van der Waals surface area contributed by atoms with Crippen LogP contribution in [0.4, 0.5) is 11.6 Å². The number of amides is 1. The number of nitrogens with zero attached hydrogens (tertiary/aromatic N) is 6. The van der Waals surface area contributed by atoms with Crippen molar-refractivity contribution in [2.24, 2.45) is 0 Å². The van der Waals surface area contributed by atoms with Gasteiger partial charge < -0.3 is 14.7 Å². The van der Waals surface area contributed by atoms with Crippen LogP contribution < -0.4 is 9.80 Å². The Morgan fingerprint density at radius 1 is 0.704 bits per heavy atom. The van der Waals surface area contributed by atoms with Crippen molar-refractivity contribution in [3.05, 3.63) is 42.2 Å². The highest BCUT2D eigenvalue weighted by Gasteiger charge is 2.23. The van der Waals surface area contributed by atoms with Crippen molar-refractivity contribution in [3.63, 3.8) is 0 Å². The zero-order valence-corrected chi connectivity index (χ0v) is 15.6. The van der Waals surface area contributed by atoms with Gasteiger partial charge in [-0.3, -0.25) is 9.78 Å². The summed E-state index contributed by atoms with van der Waals surface area (Å²) in [5, 5.41) is 8.93. The molecule has 1 amide bonds. The van der Waals surface area contributed by atoms with E-state index >= 15 is 0 Å². The molecule has 0 N–H and O–H groups in total. The van der Waals surface area contributed by atoms with Crippen LogP contribution >= 0.6 is 0 Å². The topological polar surface area (TPSA) is 65.5 Å². The van der Waals surface area contributed by atoms with Crippen LogP contribution in [0.25, 0.3) is 0 Å². The fourth-order valence-corrected chi connectivity index (χ4v) is 3.77. The van der Waals surface area contributed by atoms with Gasteiger partial charge in [-0.1, -0.05) is 12.8 Å². The van der Waals surface area contributed by atoms with Crippen LogP contribution in [0.1, 0.15) is 36.0 Å². The average Bonchev–Trinajstić information content (AvgIpc) is 3.04. The Morgan fingerprint density at radius 2 is 1.26 bits per heavy atom. The standard InChI is InChI=1S/C20H26N6O/c27-20(17-7-9-21-10-8-17)26-15-13-25(14-16-26)19-6-5-18(22-23-19)24-11-3-1-2-4-12-24/h5-10H,1-4,11-16H2. The monoisotopic (exact) mass is 366 g/mol. The van der Waals surface area contributed by atoms with Crippen LogP contribution in [0, 0.1) is 0 Å². The Balaban J connectivity index is 1.35. The predicted octanol–water partition coefficient (Wildman–Crippen LogP) is 2.21. The van der Waals surface area contributed by atoms with Crippen molar-refractivity contribution < 1.29 is 4.79 Å². The van der Waals surface area contributed by atoms with Crippen LogP contribution in [0.5, 0.6) is 0 Å². The number of aromatic nitrogens is 3. The lowest BCUT2D eigenvalue weighted by Crippen LogP contribution is -2.49. The normalized spacial score (nSPS) is 18.3. The SMILES string of the molecule is O=C(c1ccncc1)N1CCN(c2ccc(N3CCCCCC3)nn2)CC1. The van der Waals surface area contributed by atoms with E-state index in [1.165, 1.54) is 25.7 Å². The summed E-state index contributed by atoms with van der Waals surface area (Å²) >= 11 is 0. The second-order valence-electron chi connectivity index (χ2n) is 7.17. The molecule has 2 aromatic heterocycles. The molecule has 2 aromatic rings. The van der Waals surface area contributed by atoms with Gasteiger partial charge >= 0.3 is 0 Å². The van der Waals surface area contributed by atoms with E-state index in [1.54, 1.807) is 24.5 Å². The van der Waals surface area contributed by atoms with E-state index in [0.717, 1.165) is 37.8 Å². The van der Waals surface area contributed by atoms with E-state index in [-0.39, 0.29) is 5.91 Å². The zero-order valence-electron chi connectivity index (χ0n) is 15.6. The highest BCUT2D eigenvalue weighted by molar-refractivity contribution is 5.94. The number of pyridine rings is 1. The quantitative estimate of drug-likeness (QED) is 0.830. The molecule has 0 saturated carbocycles. The van der Waals surface area contributed by atoms with Gasteiger partial charge in [-0.25, -0.2) is 0 Å². The molecule has 7 heteroatoms. The Bertz CT molecular complexity index is 735. The maximum absolute atomic E-state index is 12.5. The molecule has 142 valence electrons. The first kappa shape index (κ1) is 17.7. The molecule has 0 aromatic carbocycles. The maximum Gasteiger partial charge on any atom is 0.254 e. The summed E-state index contributed by atoms with van der Waals surface area (Å²) in [6, 6.07) is 7.68. The first-order valence-electron chi connectivity index (χ1n) is 9.84. The van der Waals surface area contributed by atoms with Gasteiger partial charge in [0.25, 0.3) is 5.91 Å². The molecule has 0 spiro atoms. The third-order valence-electron chi connectivity index (χ3n) is 5.38. The summed E-state index contributed by atoms with van der Waals surface area (Å²) in [6.07, 6.45) is 8.40. The number of hydrogen-bond donors (Lipinski definition) is 0. The van der Waals surface area contributed by atoms with Crippen molar-refractivity contribution in [3.8, 4) is 0 Å². The van der Waals surface area contributed by atoms with Crippen molar-refractivity contribution in [2.45, 2.75) is 25.7 Å². The Labute approximate surface area is 160 Å². The van der Waals surface area contributed by atoms with Gasteiger partial charge in [-0.2, -0.15) is 0 Å². The van der Waals surface area contributed by atoms with Gasteiger partial charge in [0.2, 0.25) is 0 Å². The minimum Gasteiger partial charge on any atom is -0.355 e. The number of carbonyl (C=O) groups is 1. The maximum atomic E-state index is 12.5. The van der Waals surface area contributed by atoms with E-state index in [2.05, 4.69) is 37.1 Å². The van der Waals surface area contributed by atoms with Crippen LogP contribution in [-0.4, -0.2) is 65.3 Å². The van der Waals surface area contributed by atoms with Crippen LogP contribution in [-0.2, 0) is 0 Å². The van der Waals surface area contributed by atoms with Crippen molar-refractivity contribution in [1.82, 2.24) is 20.1 Å². The lowest BCUT2D eigenvalue weighted by Gasteiger charge is -2.35. The lowest BCUT2D eigenvalue weighted by atomic mass is 10.2. The number of rotatable bonds is 3. The molecule has 7 nitrogen and oxygen atoms in total. The molecule has 0 unspecified atom stereocenters. The Hall–Kier alpha value is -2.70. The summed E-state index contributed by atoms with van der Waals surface area (Å²) in [6.45, 7) is 5.07. The van der Waals surface area contributed by atoms with E-state index in [9.17, 15) is 4.79 Å². The fraction of sp³-hybridized carbons (Fsp3) is 0.500. The summed E-state index contributed by atoms with van der Waals surface area (Å²) in [5.41, 5.74) is 0.694. The van der Waals surface area contributed by atoms with Gasteiger partial charge in [0.1, 0.15) is 0 Å². The first-order valence-corrected chi connectivity index (χ1v) is 9.84. The average molecular weight is 366 g/mol. The van der Waals surface area contributed by atoms with Crippen LogP contribution in [0.2, 0.25) is 0 Å². The zero-order chi connectivity index (χ0) is 18.5. The first-order chi connectivity index (χ1) is 13.3. The van der Waals surface area contributed by atoms with Gasteiger partial charge in [0, 0.05) is 57.2 Å². The fourth-order valence-electron chi connectivity index (χ4n) is 3.77. The molecule has 4 heterocycles. The van der Waals surface area contributed by atoms with E-state index in [4.69, 9.17) is 0 Å². The second-order valence-corrected chi connectivity index (χ2v) is 7.17. The summed E-state index contributed by atoms with van der Waals surface area (Å²) < 4.78 is 0. The van der Waals surface area contributed by atoms with Crippen LogP contribution in [0.15, 0.2) is 36.7 Å². The largest absolute Gasteiger partial charge is 0.355 e. The number of carbonyl (C=O) groups excluding carboxylic acids is 1. The van der Waals surface area contributed by atoms with Crippen molar-refractivity contribution in [1.29, 1.82) is 0 Å². The molecular formula is C20H26N6O. The predicted molar refractivity (Wildman–Crippen MR) is 105 cm³/mol. The van der Waals surface area contributed by atoms with E-state index in [1.807, 2.05) is 4.90 Å². The molecule has 0 radical (unpaired) electrons. The Kier molecular flexibility index (Phi) is 5.46. The minimum atomic E-state index is 0.0691. The smallest absolute Gasteiger partial charge is 0.254 e. The molecule has 2 aliphatic heterocycles. The van der Waals surface area contributed by atoms with Gasteiger partial charge in [0.05, 0.1) is 0 Å². The van der Waals surface area contributed by atoms with E-state index < -0.39 is 0 Å². The molecule has 2 saturated heterocycles. The Morgan fingerprint density at radius 3 is 1.81 bits per heavy atom. The number of piperazine rings is 1. The van der Waals surface area contributed by atoms with Crippen molar-refractivity contribution in [2.75, 3.05) is 49.1 Å². The summed E-state index contributed by atoms with van der Waals surface area (Å²) in [4.78, 5) is 22.9. The van der Waals surface area contributed by atoms with Gasteiger partial charge in [-0.05, 0) is 37.1 Å². The van der Waals surface area contributed by atoms with Gasteiger partial charge in [-0.15, -0.1) is 10.2 Å². The molecule has 0 bridgehead atoms. The number of anilines is 2. The molecule has 0 atom stereocenters. The molecule has 2 aliphatic rings. The third kappa shape index (κ3) is 4.18. The number of hydrogen-bond acceptors (Lipinski definition) is 6. The molecule has 0 aliphatic carbocycles. The highest BCUT2D eigenvalue weighted by Crippen LogP contribution is 2.20. The van der Waals surface area contributed by atoms with Crippen molar-refractivity contribution >= 4 is 17.5 Å². The molecule has 27 heavy (non-hydrogen) atoms. The lowest BCUT2D eigenvalue weighted by molar-refractivity contribution is 0.0746. The van der Waals surface area contributed by atoms with E-state index in [0.29, 0.717) is 18.7 Å². The summed E-state index contributed by atoms with van der Waals surface area (Å²) in [5.74, 6) is 1.94. The van der Waals surface area contributed by atoms with Crippen LogP contribution in [0.3, 0.4) is 0 Å².